The van der Waals surface area contributed by atoms with E-state index in [0.29, 0.717) is 11.8 Å². The van der Waals surface area contributed by atoms with E-state index >= 15 is 0 Å². The first-order chi connectivity index (χ1) is 6.26. The highest BCUT2D eigenvalue weighted by Crippen LogP contribution is 2.13. The first kappa shape index (κ1) is 9.01. The Labute approximate surface area is 75.5 Å². The molecule has 0 aliphatic rings. The van der Waals surface area contributed by atoms with Crippen LogP contribution >= 0.6 is 0 Å². The quantitative estimate of drug-likeness (QED) is 0.418. The second kappa shape index (κ2) is 4.07. The van der Waals surface area contributed by atoms with Crippen LogP contribution in [0.15, 0.2) is 29.8 Å². The van der Waals surface area contributed by atoms with E-state index in [1.807, 2.05) is 0 Å². The van der Waals surface area contributed by atoms with Gasteiger partial charge in [-0.25, -0.2) is 0 Å². The Kier molecular flexibility index (Phi) is 2.82. The van der Waals surface area contributed by atoms with Gasteiger partial charge in [-0.2, -0.15) is 5.26 Å². The molecule has 0 atom stereocenters. The SMILES string of the molecule is N#C/C(C=O)=C/c1cccc(O)c1. The normalized spacial score (nSPS) is 10.5. The first-order valence-electron chi connectivity index (χ1n) is 3.62. The second-order valence-corrected chi connectivity index (χ2v) is 2.42. The third kappa shape index (κ3) is 2.46. The number of hydrogen-bond acceptors (Lipinski definition) is 3. The minimum absolute atomic E-state index is 0.0330. The van der Waals surface area contributed by atoms with Gasteiger partial charge in [0.25, 0.3) is 0 Å². The second-order valence-electron chi connectivity index (χ2n) is 2.42. The molecule has 1 rings (SSSR count). The van der Waals surface area contributed by atoms with Crippen LogP contribution in [-0.4, -0.2) is 11.4 Å². The lowest BCUT2D eigenvalue weighted by molar-refractivity contribution is -0.104. The molecule has 0 bridgehead atoms. The van der Waals surface area contributed by atoms with Gasteiger partial charge in [-0.3, -0.25) is 4.79 Å². The molecule has 0 aliphatic heterocycles. The molecule has 64 valence electrons. The lowest BCUT2D eigenvalue weighted by Crippen LogP contribution is -1.79. The third-order valence-corrected chi connectivity index (χ3v) is 1.45. The van der Waals surface area contributed by atoms with Crippen LogP contribution in [0.2, 0.25) is 0 Å². The molecule has 0 aliphatic carbocycles. The molecule has 0 heterocycles. The van der Waals surface area contributed by atoms with Crippen molar-refractivity contribution in [3.8, 4) is 11.8 Å². The zero-order chi connectivity index (χ0) is 9.68. The number of benzene rings is 1. The van der Waals surface area contributed by atoms with Gasteiger partial charge in [-0.1, -0.05) is 12.1 Å². The van der Waals surface area contributed by atoms with Crippen molar-refractivity contribution in [3.63, 3.8) is 0 Å². The standard InChI is InChI=1S/C10H7NO2/c11-6-9(7-12)4-8-2-1-3-10(13)5-8/h1-5,7,13H/b9-4-. The van der Waals surface area contributed by atoms with Crippen molar-refractivity contribution < 1.29 is 9.90 Å². The molecule has 0 spiro atoms. The Morgan fingerprint density at radius 1 is 1.54 bits per heavy atom. The summed E-state index contributed by atoms with van der Waals surface area (Å²) in [6.45, 7) is 0. The number of carbonyl (C=O) groups excluding carboxylic acids is 1. The van der Waals surface area contributed by atoms with Gasteiger partial charge >= 0.3 is 0 Å². The highest BCUT2D eigenvalue weighted by molar-refractivity contribution is 5.86. The minimum atomic E-state index is 0.0330. The molecule has 1 aromatic carbocycles. The van der Waals surface area contributed by atoms with Gasteiger partial charge in [0.2, 0.25) is 0 Å². The van der Waals surface area contributed by atoms with Gasteiger partial charge in [0.05, 0.1) is 5.57 Å². The van der Waals surface area contributed by atoms with E-state index in [1.165, 1.54) is 18.2 Å². The molecule has 0 aromatic heterocycles. The maximum atomic E-state index is 10.3. The zero-order valence-electron chi connectivity index (χ0n) is 6.77. The molecule has 0 fully saturated rings. The zero-order valence-corrected chi connectivity index (χ0v) is 6.77. The highest BCUT2D eigenvalue weighted by atomic mass is 16.3. The summed E-state index contributed by atoms with van der Waals surface area (Å²) >= 11 is 0. The predicted molar refractivity (Wildman–Crippen MR) is 47.8 cm³/mol. The summed E-state index contributed by atoms with van der Waals surface area (Å²) in [4.78, 5) is 10.3. The monoisotopic (exact) mass is 173 g/mol. The number of aromatic hydroxyl groups is 1. The summed E-state index contributed by atoms with van der Waals surface area (Å²) < 4.78 is 0. The lowest BCUT2D eigenvalue weighted by atomic mass is 10.1. The Morgan fingerprint density at radius 2 is 2.31 bits per heavy atom. The largest absolute Gasteiger partial charge is 0.508 e. The fraction of sp³-hybridized carbons (Fsp3) is 0. The molecule has 1 N–H and O–H groups in total. The number of rotatable bonds is 2. The molecular formula is C10H7NO2. The van der Waals surface area contributed by atoms with Gasteiger partial charge in [0.1, 0.15) is 11.8 Å². The summed E-state index contributed by atoms with van der Waals surface area (Å²) in [7, 11) is 0. The molecule has 0 saturated heterocycles. The van der Waals surface area contributed by atoms with Gasteiger partial charge < -0.3 is 5.11 Å². The number of nitriles is 1. The van der Waals surface area contributed by atoms with Crippen LogP contribution < -0.4 is 0 Å². The van der Waals surface area contributed by atoms with Crippen LogP contribution in [0, 0.1) is 11.3 Å². The van der Waals surface area contributed by atoms with Gasteiger partial charge in [-0.05, 0) is 23.8 Å². The average Bonchev–Trinajstić information content (AvgIpc) is 2.14. The van der Waals surface area contributed by atoms with E-state index in [4.69, 9.17) is 10.4 Å². The fourth-order valence-electron chi connectivity index (χ4n) is 0.887. The number of phenols is 1. The summed E-state index contributed by atoms with van der Waals surface area (Å²) in [6, 6.07) is 8.06. The number of carbonyl (C=O) groups is 1. The molecule has 3 nitrogen and oxygen atoms in total. The van der Waals surface area contributed by atoms with Crippen LogP contribution in [0.1, 0.15) is 5.56 Å². The molecule has 3 heteroatoms. The fourth-order valence-corrected chi connectivity index (χ4v) is 0.887. The van der Waals surface area contributed by atoms with E-state index < -0.39 is 0 Å². The van der Waals surface area contributed by atoms with Crippen molar-refractivity contribution in [2.75, 3.05) is 0 Å². The number of allylic oxidation sites excluding steroid dienone is 1. The minimum Gasteiger partial charge on any atom is -0.508 e. The van der Waals surface area contributed by atoms with Crippen molar-refractivity contribution in [2.45, 2.75) is 0 Å². The lowest BCUT2D eigenvalue weighted by Gasteiger charge is -1.93. The molecular weight excluding hydrogens is 166 g/mol. The average molecular weight is 173 g/mol. The topological polar surface area (TPSA) is 61.1 Å². The van der Waals surface area contributed by atoms with Crippen LogP contribution in [0.25, 0.3) is 6.08 Å². The Balaban J connectivity index is 3.04. The Hall–Kier alpha value is -2.08. The van der Waals surface area contributed by atoms with E-state index in [-0.39, 0.29) is 11.3 Å². The number of aldehydes is 1. The molecule has 0 saturated carbocycles. The van der Waals surface area contributed by atoms with E-state index in [0.717, 1.165) is 0 Å². The number of hydrogen-bond donors (Lipinski definition) is 1. The van der Waals surface area contributed by atoms with Crippen LogP contribution in [0.4, 0.5) is 0 Å². The van der Waals surface area contributed by atoms with Crippen LogP contribution in [0.3, 0.4) is 0 Å². The van der Waals surface area contributed by atoms with Crippen molar-refractivity contribution in [1.29, 1.82) is 5.26 Å². The van der Waals surface area contributed by atoms with Crippen molar-refractivity contribution in [1.82, 2.24) is 0 Å². The van der Waals surface area contributed by atoms with Crippen molar-refractivity contribution in [3.05, 3.63) is 35.4 Å². The van der Waals surface area contributed by atoms with E-state index in [9.17, 15) is 4.79 Å². The third-order valence-electron chi connectivity index (χ3n) is 1.45. The van der Waals surface area contributed by atoms with Gasteiger partial charge in [0, 0.05) is 0 Å². The van der Waals surface area contributed by atoms with Crippen LogP contribution in [0.5, 0.6) is 5.75 Å². The van der Waals surface area contributed by atoms with E-state index in [2.05, 4.69) is 0 Å². The smallest absolute Gasteiger partial charge is 0.160 e. The first-order valence-corrected chi connectivity index (χ1v) is 3.62. The summed E-state index contributed by atoms with van der Waals surface area (Å²) in [5.74, 6) is 0.108. The van der Waals surface area contributed by atoms with Gasteiger partial charge in [-0.15, -0.1) is 0 Å². The molecule has 0 amide bonds. The maximum absolute atomic E-state index is 10.3. The molecule has 1 aromatic rings. The summed E-state index contributed by atoms with van der Waals surface area (Å²) in [5, 5.41) is 17.5. The highest BCUT2D eigenvalue weighted by Gasteiger charge is 1.94. The Bertz CT molecular complexity index is 388. The number of phenolic OH excluding ortho intramolecular Hbond substituents is 1. The van der Waals surface area contributed by atoms with Crippen LogP contribution in [-0.2, 0) is 4.79 Å². The summed E-state index contributed by atoms with van der Waals surface area (Å²) in [5.41, 5.74) is 0.661. The molecule has 0 unspecified atom stereocenters. The number of nitrogens with zero attached hydrogens (tertiary/aromatic N) is 1. The molecule has 13 heavy (non-hydrogen) atoms. The summed E-state index contributed by atoms with van der Waals surface area (Å²) in [6.07, 6.45) is 1.89. The van der Waals surface area contributed by atoms with E-state index in [1.54, 1.807) is 18.2 Å². The van der Waals surface area contributed by atoms with Crippen molar-refractivity contribution >= 4 is 12.4 Å². The van der Waals surface area contributed by atoms with Gasteiger partial charge in [0.15, 0.2) is 6.29 Å². The predicted octanol–water partition coefficient (Wildman–Crippen LogP) is 1.50. The Morgan fingerprint density at radius 3 is 2.85 bits per heavy atom. The maximum Gasteiger partial charge on any atom is 0.160 e. The molecule has 0 radical (unpaired) electrons. The van der Waals surface area contributed by atoms with Crippen molar-refractivity contribution in [2.24, 2.45) is 0 Å².